The molecule has 0 radical (unpaired) electrons. The molecule has 2 atom stereocenters. The number of amides is 3. The molecule has 0 unspecified atom stereocenters. The molecule has 4 heterocycles. The van der Waals surface area contributed by atoms with E-state index in [2.05, 4.69) is 15.1 Å². The monoisotopic (exact) mass is 498 g/mol. The zero-order valence-electron chi connectivity index (χ0n) is 21.1. The molecule has 11 nitrogen and oxygen atoms in total. The van der Waals surface area contributed by atoms with Crippen LogP contribution in [0.5, 0.6) is 0 Å². The number of ether oxygens (including phenoxy) is 1. The number of benzene rings is 1. The van der Waals surface area contributed by atoms with Crippen LogP contribution < -0.4 is 0 Å². The van der Waals surface area contributed by atoms with Gasteiger partial charge in [-0.1, -0.05) is 30.3 Å². The summed E-state index contributed by atoms with van der Waals surface area (Å²) in [6.07, 6.45) is 1.28. The average Bonchev–Trinajstić information content (AvgIpc) is 3.41. The lowest BCUT2D eigenvalue weighted by atomic mass is 10.0. The van der Waals surface area contributed by atoms with E-state index in [-0.39, 0.29) is 24.2 Å². The van der Waals surface area contributed by atoms with Crippen molar-refractivity contribution in [2.24, 2.45) is 0 Å². The van der Waals surface area contributed by atoms with Gasteiger partial charge in [0.05, 0.1) is 12.6 Å². The summed E-state index contributed by atoms with van der Waals surface area (Å²) in [5, 5.41) is 10.0. The first-order valence-corrected chi connectivity index (χ1v) is 12.6. The van der Waals surface area contributed by atoms with Crippen molar-refractivity contribution in [3.63, 3.8) is 0 Å². The molecular weight excluding hydrogens is 464 g/mol. The normalized spacial score (nSPS) is 22.9. The Morgan fingerprint density at radius 2 is 1.83 bits per heavy atom. The molecule has 1 aromatic heterocycles. The molecule has 36 heavy (non-hydrogen) atoms. The third kappa shape index (κ3) is 5.46. The second-order valence-electron chi connectivity index (χ2n) is 10.5. The predicted octanol–water partition coefficient (Wildman–Crippen LogP) is 3.20. The molecule has 2 aromatic rings. The Bertz CT molecular complexity index is 1060. The van der Waals surface area contributed by atoms with Gasteiger partial charge in [0, 0.05) is 32.7 Å². The molecule has 3 amide bonds. The molecule has 3 aliphatic heterocycles. The number of carbonyl (C=O) groups excluding carboxylic acids is 2. The molecular formula is C25H34N6O5. The molecule has 0 aliphatic carbocycles. The van der Waals surface area contributed by atoms with Crippen molar-refractivity contribution in [3.05, 3.63) is 47.7 Å². The van der Waals surface area contributed by atoms with Gasteiger partial charge in [-0.25, -0.2) is 9.59 Å². The number of aromatic nitrogens is 2. The van der Waals surface area contributed by atoms with E-state index in [0.717, 1.165) is 18.4 Å². The Morgan fingerprint density at radius 3 is 2.56 bits per heavy atom. The highest BCUT2D eigenvalue weighted by molar-refractivity contribution is 5.77. The van der Waals surface area contributed by atoms with Gasteiger partial charge in [0.15, 0.2) is 0 Å². The number of hydroxylamine groups is 2. The standard InChI is InChI=1S/C25H34N6O5/c1-25(2,3)36-24(33)29-13-11-28(12-14-29)16-21-26-27-22(35-21)20-10-9-19-15-30(20)23(32)31(19)34-17-18-7-5-4-6-8-18/h4-8,19-20H,9-17H2,1-3H3/t19-,20+/m1/s1. The van der Waals surface area contributed by atoms with Crippen LogP contribution in [0.2, 0.25) is 0 Å². The smallest absolute Gasteiger partial charge is 0.410 e. The molecule has 3 fully saturated rings. The fourth-order valence-electron chi connectivity index (χ4n) is 4.84. The van der Waals surface area contributed by atoms with Gasteiger partial charge in [0.1, 0.15) is 18.2 Å². The number of urea groups is 1. The van der Waals surface area contributed by atoms with Gasteiger partial charge in [-0.3, -0.25) is 9.74 Å². The lowest BCUT2D eigenvalue weighted by Crippen LogP contribution is -2.49. The highest BCUT2D eigenvalue weighted by atomic mass is 16.7. The Kier molecular flexibility index (Phi) is 6.85. The van der Waals surface area contributed by atoms with E-state index in [1.165, 1.54) is 5.06 Å². The van der Waals surface area contributed by atoms with Crippen molar-refractivity contribution >= 4 is 12.1 Å². The second-order valence-corrected chi connectivity index (χ2v) is 10.5. The largest absolute Gasteiger partial charge is 0.444 e. The molecule has 11 heteroatoms. The SMILES string of the molecule is CC(C)(C)OC(=O)N1CCN(Cc2nnc([C@@H]3CC[C@@H]4CN3C(=O)N4OCc3ccccc3)o2)CC1. The minimum absolute atomic E-state index is 0.0288. The number of fused-ring (bicyclic) bond motifs is 2. The molecule has 5 rings (SSSR count). The summed E-state index contributed by atoms with van der Waals surface area (Å²) < 4.78 is 11.5. The van der Waals surface area contributed by atoms with E-state index < -0.39 is 5.60 Å². The van der Waals surface area contributed by atoms with Crippen LogP contribution in [0.25, 0.3) is 0 Å². The van der Waals surface area contributed by atoms with Crippen LogP contribution in [0.1, 0.15) is 57.0 Å². The minimum Gasteiger partial charge on any atom is -0.444 e. The van der Waals surface area contributed by atoms with Gasteiger partial charge in [-0.2, -0.15) is 5.06 Å². The molecule has 2 bridgehead atoms. The number of rotatable bonds is 6. The number of piperidine rings is 1. The maximum absolute atomic E-state index is 13.1. The molecule has 194 valence electrons. The third-order valence-corrected chi connectivity index (χ3v) is 6.69. The lowest BCUT2D eigenvalue weighted by molar-refractivity contribution is -0.140. The van der Waals surface area contributed by atoms with Crippen LogP contribution >= 0.6 is 0 Å². The third-order valence-electron chi connectivity index (χ3n) is 6.69. The molecule has 1 aromatic carbocycles. The number of piperazine rings is 1. The lowest BCUT2D eigenvalue weighted by Gasteiger charge is -2.34. The van der Waals surface area contributed by atoms with Crippen molar-refractivity contribution < 1.29 is 23.6 Å². The quantitative estimate of drug-likeness (QED) is 0.598. The summed E-state index contributed by atoms with van der Waals surface area (Å²) in [7, 11) is 0. The fourth-order valence-corrected chi connectivity index (χ4v) is 4.84. The number of hydrogen-bond acceptors (Lipinski definition) is 8. The summed E-state index contributed by atoms with van der Waals surface area (Å²) in [4.78, 5) is 36.9. The van der Waals surface area contributed by atoms with Crippen LogP contribution in [-0.4, -0.2) is 86.5 Å². The van der Waals surface area contributed by atoms with Gasteiger partial charge >= 0.3 is 12.1 Å². The molecule has 0 spiro atoms. The zero-order chi connectivity index (χ0) is 25.3. The van der Waals surface area contributed by atoms with Crippen LogP contribution in [0, 0.1) is 0 Å². The second kappa shape index (κ2) is 10.1. The number of hydrogen-bond donors (Lipinski definition) is 0. The maximum Gasteiger partial charge on any atom is 0.410 e. The summed E-state index contributed by atoms with van der Waals surface area (Å²) in [5.41, 5.74) is 0.515. The summed E-state index contributed by atoms with van der Waals surface area (Å²) >= 11 is 0. The first-order chi connectivity index (χ1) is 17.3. The summed E-state index contributed by atoms with van der Waals surface area (Å²) in [6.45, 7) is 9.60. The van der Waals surface area contributed by atoms with Gasteiger partial charge in [0.2, 0.25) is 11.8 Å². The molecule has 0 saturated carbocycles. The number of carbonyl (C=O) groups is 2. The van der Waals surface area contributed by atoms with E-state index in [1.807, 2.05) is 51.1 Å². The van der Waals surface area contributed by atoms with Gasteiger partial charge in [-0.15, -0.1) is 10.2 Å². The van der Waals surface area contributed by atoms with Crippen molar-refractivity contribution in [1.82, 2.24) is 30.0 Å². The number of nitrogens with zero attached hydrogens (tertiary/aromatic N) is 6. The van der Waals surface area contributed by atoms with E-state index in [0.29, 0.717) is 57.7 Å². The van der Waals surface area contributed by atoms with Crippen molar-refractivity contribution in [1.29, 1.82) is 0 Å². The zero-order valence-corrected chi connectivity index (χ0v) is 21.1. The van der Waals surface area contributed by atoms with Gasteiger partial charge in [0.25, 0.3) is 0 Å². The summed E-state index contributed by atoms with van der Waals surface area (Å²) in [5.74, 6) is 0.982. The van der Waals surface area contributed by atoms with Crippen molar-refractivity contribution in [2.75, 3.05) is 32.7 Å². The van der Waals surface area contributed by atoms with Crippen LogP contribution in [0.15, 0.2) is 34.7 Å². The van der Waals surface area contributed by atoms with Crippen LogP contribution in [0.3, 0.4) is 0 Å². The predicted molar refractivity (Wildman–Crippen MR) is 128 cm³/mol. The highest BCUT2D eigenvalue weighted by Crippen LogP contribution is 2.38. The van der Waals surface area contributed by atoms with Gasteiger partial charge < -0.3 is 19.0 Å². The fraction of sp³-hybridized carbons (Fsp3) is 0.600. The Hall–Kier alpha value is -3.18. The van der Waals surface area contributed by atoms with E-state index in [9.17, 15) is 9.59 Å². The van der Waals surface area contributed by atoms with Crippen LogP contribution in [0.4, 0.5) is 9.59 Å². The first kappa shape index (κ1) is 24.5. The van der Waals surface area contributed by atoms with Crippen molar-refractivity contribution in [2.45, 2.75) is 64.4 Å². The molecule has 3 saturated heterocycles. The maximum atomic E-state index is 13.1. The highest BCUT2D eigenvalue weighted by Gasteiger charge is 2.47. The molecule has 0 N–H and O–H groups in total. The van der Waals surface area contributed by atoms with E-state index in [1.54, 1.807) is 9.80 Å². The van der Waals surface area contributed by atoms with Crippen molar-refractivity contribution in [3.8, 4) is 0 Å². The topological polar surface area (TPSA) is 104 Å². The Labute approximate surface area is 210 Å². The summed E-state index contributed by atoms with van der Waals surface area (Å²) in [6, 6.07) is 9.45. The van der Waals surface area contributed by atoms with E-state index >= 15 is 0 Å². The Morgan fingerprint density at radius 1 is 1.08 bits per heavy atom. The molecule has 3 aliphatic rings. The van der Waals surface area contributed by atoms with Gasteiger partial charge in [-0.05, 0) is 39.2 Å². The van der Waals surface area contributed by atoms with Crippen LogP contribution in [-0.2, 0) is 22.7 Å². The first-order valence-electron chi connectivity index (χ1n) is 12.6. The van der Waals surface area contributed by atoms with E-state index in [4.69, 9.17) is 14.0 Å². The average molecular weight is 499 g/mol. The minimum atomic E-state index is -0.505. The Balaban J connectivity index is 1.13.